The summed E-state index contributed by atoms with van der Waals surface area (Å²) in [5.74, 6) is 0.327. The van der Waals surface area contributed by atoms with Crippen LogP contribution >= 0.6 is 11.8 Å². The molecule has 2 N–H and O–H groups in total. The van der Waals surface area contributed by atoms with Crippen LogP contribution in [0.1, 0.15) is 19.3 Å². The summed E-state index contributed by atoms with van der Waals surface area (Å²) in [4.78, 5) is 54.2. The van der Waals surface area contributed by atoms with Crippen molar-refractivity contribution in [3.63, 3.8) is 0 Å². The summed E-state index contributed by atoms with van der Waals surface area (Å²) < 4.78 is 6.73. The Balaban J connectivity index is 1.19. The third kappa shape index (κ3) is 4.25. The molecule has 0 aliphatic carbocycles. The summed E-state index contributed by atoms with van der Waals surface area (Å²) >= 11 is 1.47. The molecule has 9 nitrogen and oxygen atoms in total. The van der Waals surface area contributed by atoms with Crippen molar-refractivity contribution in [2.24, 2.45) is 0 Å². The molecule has 1 aromatic heterocycles. The van der Waals surface area contributed by atoms with Gasteiger partial charge in [-0.2, -0.15) is 0 Å². The molecule has 3 heterocycles. The number of aromatic nitrogens is 2. The van der Waals surface area contributed by atoms with Gasteiger partial charge in [0.05, 0.1) is 28.9 Å². The number of ether oxygens (including phenoxy) is 1. The van der Waals surface area contributed by atoms with E-state index in [1.54, 1.807) is 35.2 Å². The third-order valence-electron chi connectivity index (χ3n) is 5.83. The summed E-state index contributed by atoms with van der Waals surface area (Å²) in [6, 6.07) is 12.5. The van der Waals surface area contributed by atoms with E-state index in [4.69, 9.17) is 4.74 Å². The van der Waals surface area contributed by atoms with Crippen LogP contribution in [0.2, 0.25) is 0 Å². The number of aromatic amines is 1. The molecule has 1 saturated heterocycles. The number of nitrogens with zero attached hydrogens (tertiary/aromatic N) is 2. The Hall–Kier alpha value is -3.53. The smallest absolute Gasteiger partial charge is 0.414 e. The molecule has 2 aliphatic rings. The fraction of sp³-hybridized carbons (Fsp3) is 0.304. The molecule has 2 aliphatic heterocycles. The Bertz CT molecular complexity index is 1360. The first-order chi connectivity index (χ1) is 16.0. The molecule has 3 aromatic rings. The summed E-state index contributed by atoms with van der Waals surface area (Å²) in [7, 11) is 0. The van der Waals surface area contributed by atoms with Crippen molar-refractivity contribution in [2.75, 3.05) is 22.5 Å². The van der Waals surface area contributed by atoms with Crippen molar-refractivity contribution in [3.8, 4) is 0 Å². The quantitative estimate of drug-likeness (QED) is 0.540. The number of cyclic esters (lactones) is 1. The summed E-state index contributed by atoms with van der Waals surface area (Å²) in [6.07, 6.45) is 1.24. The van der Waals surface area contributed by atoms with Crippen LogP contribution in [0, 0.1) is 0 Å². The van der Waals surface area contributed by atoms with E-state index in [2.05, 4.69) is 10.3 Å². The molecular formula is C23H22N4O5S. The lowest BCUT2D eigenvalue weighted by Gasteiger charge is -2.19. The molecule has 2 amide bonds. The molecule has 170 valence electrons. The number of rotatable bonds is 6. The molecule has 0 saturated carbocycles. The molecule has 2 aromatic carbocycles. The monoisotopic (exact) mass is 466 g/mol. The van der Waals surface area contributed by atoms with E-state index in [0.717, 1.165) is 4.90 Å². The number of nitrogens with one attached hydrogen (secondary N) is 2. The minimum Gasteiger partial charge on any atom is -0.444 e. The van der Waals surface area contributed by atoms with Crippen molar-refractivity contribution in [1.29, 1.82) is 0 Å². The zero-order valence-electron chi connectivity index (χ0n) is 17.7. The molecule has 0 bridgehead atoms. The van der Waals surface area contributed by atoms with E-state index in [-0.39, 0.29) is 17.6 Å². The molecule has 0 radical (unpaired) electrons. The fourth-order valence-corrected chi connectivity index (χ4v) is 4.95. The van der Waals surface area contributed by atoms with Gasteiger partial charge in [-0.25, -0.2) is 9.59 Å². The average Bonchev–Trinajstić information content (AvgIpc) is 3.18. The maximum atomic E-state index is 12.6. The number of anilines is 2. The Labute approximate surface area is 192 Å². The van der Waals surface area contributed by atoms with Gasteiger partial charge in [0.15, 0.2) is 0 Å². The maximum Gasteiger partial charge on any atom is 0.414 e. The number of H-pyrrole nitrogens is 1. The van der Waals surface area contributed by atoms with Crippen molar-refractivity contribution in [1.82, 2.24) is 9.55 Å². The first kappa shape index (κ1) is 21.3. The molecule has 1 atom stereocenters. The second-order valence-corrected chi connectivity index (χ2v) is 9.08. The van der Waals surface area contributed by atoms with Gasteiger partial charge in [-0.15, -0.1) is 11.8 Å². The van der Waals surface area contributed by atoms with Crippen LogP contribution in [-0.4, -0.2) is 40.0 Å². The van der Waals surface area contributed by atoms with Crippen LogP contribution in [0.3, 0.4) is 0 Å². The predicted octanol–water partition coefficient (Wildman–Crippen LogP) is 2.93. The van der Waals surface area contributed by atoms with Crippen LogP contribution in [0.15, 0.2) is 56.9 Å². The van der Waals surface area contributed by atoms with Gasteiger partial charge >= 0.3 is 11.8 Å². The average molecular weight is 467 g/mol. The Morgan fingerprint density at radius 2 is 1.91 bits per heavy atom. The number of para-hydroxylation sites is 1. The topological polar surface area (TPSA) is 114 Å². The van der Waals surface area contributed by atoms with E-state index in [1.807, 2.05) is 12.1 Å². The maximum absolute atomic E-state index is 12.6. The van der Waals surface area contributed by atoms with Crippen LogP contribution in [-0.2, 0) is 16.1 Å². The zero-order valence-corrected chi connectivity index (χ0v) is 18.5. The van der Waals surface area contributed by atoms with E-state index >= 15 is 0 Å². The van der Waals surface area contributed by atoms with Crippen molar-refractivity contribution in [2.45, 2.75) is 36.8 Å². The van der Waals surface area contributed by atoms with Gasteiger partial charge in [0.1, 0.15) is 6.10 Å². The highest BCUT2D eigenvalue weighted by Gasteiger charge is 2.32. The van der Waals surface area contributed by atoms with Crippen LogP contribution < -0.4 is 21.5 Å². The van der Waals surface area contributed by atoms with E-state index in [9.17, 15) is 19.2 Å². The second kappa shape index (κ2) is 8.78. The number of carbonyl (C=O) groups excluding carboxylic acids is 2. The first-order valence-electron chi connectivity index (χ1n) is 10.8. The number of carbonyl (C=O) groups is 2. The third-order valence-corrected chi connectivity index (χ3v) is 6.90. The minimum absolute atomic E-state index is 0.0594. The second-order valence-electron chi connectivity index (χ2n) is 8.06. The van der Waals surface area contributed by atoms with Gasteiger partial charge in [-0.1, -0.05) is 12.1 Å². The normalized spacial score (nSPS) is 17.7. The Morgan fingerprint density at radius 1 is 1.06 bits per heavy atom. The number of hydrogen-bond acceptors (Lipinski definition) is 6. The highest BCUT2D eigenvalue weighted by molar-refractivity contribution is 8.00. The van der Waals surface area contributed by atoms with Crippen molar-refractivity contribution in [3.05, 3.63) is 63.3 Å². The molecule has 1 unspecified atom stereocenters. The van der Waals surface area contributed by atoms with Crippen molar-refractivity contribution >= 4 is 46.0 Å². The predicted molar refractivity (Wildman–Crippen MR) is 126 cm³/mol. The highest BCUT2D eigenvalue weighted by Crippen LogP contribution is 2.35. The van der Waals surface area contributed by atoms with Gasteiger partial charge in [0.2, 0.25) is 5.91 Å². The molecule has 5 rings (SSSR count). The van der Waals surface area contributed by atoms with E-state index < -0.39 is 11.8 Å². The molecule has 10 heteroatoms. The molecule has 0 spiro atoms. The lowest BCUT2D eigenvalue weighted by molar-refractivity contribution is -0.113. The zero-order chi connectivity index (χ0) is 22.9. The SMILES string of the molecule is O=C1CSc2ccc(N3CC(CCCCn4c(=O)[nH]c5ccccc5c4=O)OC3=O)cc2N1. The van der Waals surface area contributed by atoms with Crippen LogP contribution in [0.5, 0.6) is 0 Å². The summed E-state index contributed by atoms with van der Waals surface area (Å²) in [5, 5.41) is 3.32. The Kier molecular flexibility index (Phi) is 5.67. The van der Waals surface area contributed by atoms with Crippen LogP contribution in [0.25, 0.3) is 10.9 Å². The lowest BCUT2D eigenvalue weighted by atomic mass is 10.1. The van der Waals surface area contributed by atoms with Gasteiger partial charge in [0.25, 0.3) is 5.56 Å². The van der Waals surface area contributed by atoms with Gasteiger partial charge in [-0.05, 0) is 49.6 Å². The number of unbranched alkanes of at least 4 members (excludes halogenated alkanes) is 1. The largest absolute Gasteiger partial charge is 0.444 e. The first-order valence-corrected chi connectivity index (χ1v) is 11.7. The minimum atomic E-state index is -0.421. The van der Waals surface area contributed by atoms with Crippen molar-refractivity contribution < 1.29 is 14.3 Å². The number of hydrogen-bond donors (Lipinski definition) is 2. The van der Waals surface area contributed by atoms with E-state index in [0.29, 0.717) is 60.4 Å². The Morgan fingerprint density at radius 3 is 2.79 bits per heavy atom. The molecule has 33 heavy (non-hydrogen) atoms. The van der Waals surface area contributed by atoms with Crippen LogP contribution in [0.4, 0.5) is 16.2 Å². The number of amides is 2. The number of fused-ring (bicyclic) bond motifs is 2. The summed E-state index contributed by atoms with van der Waals surface area (Å²) in [5.41, 5.74) is 1.19. The molecule has 1 fully saturated rings. The van der Waals surface area contributed by atoms with Gasteiger partial charge in [-0.3, -0.25) is 19.1 Å². The van der Waals surface area contributed by atoms with Gasteiger partial charge < -0.3 is 15.0 Å². The van der Waals surface area contributed by atoms with Gasteiger partial charge in [0, 0.05) is 17.1 Å². The highest BCUT2D eigenvalue weighted by atomic mass is 32.2. The fourth-order valence-electron chi connectivity index (χ4n) is 4.17. The lowest BCUT2D eigenvalue weighted by Crippen LogP contribution is -2.35. The molecular weight excluding hydrogens is 444 g/mol. The standard InChI is InChI=1S/C23H22N4O5S/c28-20-13-33-19-9-8-14(11-18(19)24-20)27-12-15(32-23(27)31)5-3-4-10-26-21(29)16-6-1-2-7-17(16)25-22(26)30/h1-2,6-9,11,15H,3-5,10,12-13H2,(H,24,28)(H,25,30). The summed E-state index contributed by atoms with van der Waals surface area (Å²) in [6.45, 7) is 0.709. The number of thioether (sulfide) groups is 1. The number of benzene rings is 2. The van der Waals surface area contributed by atoms with E-state index in [1.165, 1.54) is 16.3 Å².